The standard InChI is InChI=1S/C36H31BN2O2/c1-35(2)36(3,4)41-37(40-35)32-17-15-27(23-39-32)34-29-13-9-8-12-28(29)33(25-18-20-38-21-19-25)31-22-26(14-16-30(31)34)24-10-6-5-7-11-24/h5-23H,1-4H3. The summed E-state index contributed by atoms with van der Waals surface area (Å²) < 4.78 is 12.5. The smallest absolute Gasteiger partial charge is 0.398 e. The molecule has 5 heteroatoms. The van der Waals surface area contributed by atoms with E-state index >= 15 is 0 Å². The lowest BCUT2D eigenvalue weighted by atomic mass is 9.82. The van der Waals surface area contributed by atoms with Crippen LogP contribution in [0.25, 0.3) is 54.9 Å². The van der Waals surface area contributed by atoms with Crippen molar-refractivity contribution in [1.82, 2.24) is 9.97 Å². The summed E-state index contributed by atoms with van der Waals surface area (Å²) in [4.78, 5) is 9.16. The molecule has 1 saturated heterocycles. The molecule has 0 aliphatic carbocycles. The summed E-state index contributed by atoms with van der Waals surface area (Å²) in [5.41, 5.74) is 6.91. The summed E-state index contributed by atoms with van der Waals surface area (Å²) in [5.74, 6) is 0. The van der Waals surface area contributed by atoms with Crippen LogP contribution >= 0.6 is 0 Å². The van der Waals surface area contributed by atoms with Crippen LogP contribution in [0.4, 0.5) is 0 Å². The minimum absolute atomic E-state index is 0.413. The van der Waals surface area contributed by atoms with E-state index < -0.39 is 18.3 Å². The van der Waals surface area contributed by atoms with Gasteiger partial charge in [-0.1, -0.05) is 72.8 Å². The Bertz CT molecular complexity index is 1870. The first-order valence-corrected chi connectivity index (χ1v) is 14.1. The van der Waals surface area contributed by atoms with E-state index in [0.717, 1.165) is 16.7 Å². The van der Waals surface area contributed by atoms with Gasteiger partial charge in [0.1, 0.15) is 0 Å². The highest BCUT2D eigenvalue weighted by Crippen LogP contribution is 2.44. The maximum atomic E-state index is 6.27. The molecule has 0 unspecified atom stereocenters. The van der Waals surface area contributed by atoms with Crippen molar-refractivity contribution >= 4 is 34.3 Å². The van der Waals surface area contributed by atoms with Gasteiger partial charge in [0.2, 0.25) is 0 Å². The molecule has 1 aliphatic heterocycles. The van der Waals surface area contributed by atoms with E-state index in [1.54, 1.807) is 0 Å². The second kappa shape index (κ2) is 9.65. The summed E-state index contributed by atoms with van der Waals surface area (Å²) in [6, 6.07) is 34.4. The summed E-state index contributed by atoms with van der Waals surface area (Å²) in [5, 5.41) is 4.76. The average molecular weight is 534 g/mol. The Balaban J connectivity index is 1.45. The molecule has 0 amide bonds. The molecule has 0 saturated carbocycles. The van der Waals surface area contributed by atoms with Crippen molar-refractivity contribution in [3.8, 4) is 33.4 Å². The first kappa shape index (κ1) is 25.6. The molecule has 4 aromatic carbocycles. The number of fused-ring (bicyclic) bond motifs is 2. The van der Waals surface area contributed by atoms with Crippen LogP contribution in [0.5, 0.6) is 0 Å². The molecule has 6 aromatic rings. The van der Waals surface area contributed by atoms with Crippen LogP contribution in [0.1, 0.15) is 27.7 Å². The van der Waals surface area contributed by atoms with Gasteiger partial charge in [0.25, 0.3) is 0 Å². The second-order valence-electron chi connectivity index (χ2n) is 11.7. The number of hydrogen-bond donors (Lipinski definition) is 0. The van der Waals surface area contributed by atoms with Crippen LogP contribution in [0.3, 0.4) is 0 Å². The van der Waals surface area contributed by atoms with Gasteiger partial charge in [0.05, 0.1) is 16.8 Å². The molecule has 0 spiro atoms. The van der Waals surface area contributed by atoms with Crippen molar-refractivity contribution in [1.29, 1.82) is 0 Å². The fourth-order valence-corrected chi connectivity index (χ4v) is 5.79. The zero-order valence-electron chi connectivity index (χ0n) is 23.8. The minimum Gasteiger partial charge on any atom is -0.398 e. The molecule has 1 aliphatic rings. The zero-order valence-corrected chi connectivity index (χ0v) is 23.8. The van der Waals surface area contributed by atoms with E-state index in [2.05, 4.69) is 124 Å². The lowest BCUT2D eigenvalue weighted by molar-refractivity contribution is 0.00578. The lowest BCUT2D eigenvalue weighted by Crippen LogP contribution is -2.41. The number of pyridine rings is 2. The van der Waals surface area contributed by atoms with Gasteiger partial charge in [-0.25, -0.2) is 0 Å². The number of nitrogens with zero attached hydrogens (tertiary/aromatic N) is 2. The number of benzene rings is 4. The topological polar surface area (TPSA) is 44.2 Å². The third-order valence-electron chi connectivity index (χ3n) is 8.67. The second-order valence-corrected chi connectivity index (χ2v) is 11.7. The van der Waals surface area contributed by atoms with Crippen LogP contribution in [0.15, 0.2) is 116 Å². The fraction of sp³-hybridized carbons (Fsp3) is 0.167. The quantitative estimate of drug-likeness (QED) is 0.169. The molecule has 0 bridgehead atoms. The molecule has 1 fully saturated rings. The highest BCUT2D eigenvalue weighted by Gasteiger charge is 2.52. The van der Waals surface area contributed by atoms with Crippen LogP contribution < -0.4 is 5.59 Å². The third kappa shape index (κ3) is 4.33. The Morgan fingerprint density at radius 3 is 1.76 bits per heavy atom. The zero-order chi connectivity index (χ0) is 28.2. The first-order valence-electron chi connectivity index (χ1n) is 14.1. The molecule has 0 atom stereocenters. The molecular formula is C36H31BN2O2. The summed E-state index contributed by atoms with van der Waals surface area (Å²) in [6.45, 7) is 8.25. The number of aromatic nitrogens is 2. The molecule has 41 heavy (non-hydrogen) atoms. The van der Waals surface area contributed by atoms with Gasteiger partial charge < -0.3 is 9.31 Å². The van der Waals surface area contributed by atoms with E-state index in [4.69, 9.17) is 14.3 Å². The van der Waals surface area contributed by atoms with Crippen molar-refractivity contribution in [2.75, 3.05) is 0 Å². The predicted octanol–water partition coefficient (Wildman–Crippen LogP) is 8.08. The number of rotatable bonds is 4. The normalized spacial score (nSPS) is 16.0. The molecule has 200 valence electrons. The van der Waals surface area contributed by atoms with Crippen molar-refractivity contribution in [3.05, 3.63) is 116 Å². The van der Waals surface area contributed by atoms with Crippen molar-refractivity contribution < 1.29 is 9.31 Å². The summed E-state index contributed by atoms with van der Waals surface area (Å²) in [6.07, 6.45) is 5.69. The fourth-order valence-electron chi connectivity index (χ4n) is 5.79. The molecule has 7 rings (SSSR count). The largest absolute Gasteiger partial charge is 0.514 e. The predicted molar refractivity (Wildman–Crippen MR) is 169 cm³/mol. The third-order valence-corrected chi connectivity index (χ3v) is 8.67. The Morgan fingerprint density at radius 2 is 1.12 bits per heavy atom. The van der Waals surface area contributed by atoms with Crippen molar-refractivity contribution in [2.45, 2.75) is 38.9 Å². The van der Waals surface area contributed by atoms with Crippen molar-refractivity contribution in [3.63, 3.8) is 0 Å². The molecule has 4 nitrogen and oxygen atoms in total. The Morgan fingerprint density at radius 1 is 0.537 bits per heavy atom. The van der Waals surface area contributed by atoms with Crippen LogP contribution in [-0.4, -0.2) is 28.3 Å². The Labute approximate surface area is 241 Å². The molecule has 0 radical (unpaired) electrons. The molecule has 2 aromatic heterocycles. The van der Waals surface area contributed by atoms with Crippen molar-refractivity contribution in [2.24, 2.45) is 0 Å². The van der Waals surface area contributed by atoms with E-state index in [1.165, 1.54) is 43.8 Å². The minimum atomic E-state index is -0.495. The first-order chi connectivity index (χ1) is 19.8. The average Bonchev–Trinajstić information content (AvgIpc) is 3.22. The maximum absolute atomic E-state index is 6.27. The van der Waals surface area contributed by atoms with E-state index in [0.29, 0.717) is 0 Å². The Kier molecular flexibility index (Phi) is 6.04. The lowest BCUT2D eigenvalue weighted by Gasteiger charge is -2.32. The molecule has 0 N–H and O–H groups in total. The van der Waals surface area contributed by atoms with Gasteiger partial charge in [-0.15, -0.1) is 0 Å². The summed E-state index contributed by atoms with van der Waals surface area (Å²) in [7, 11) is -0.495. The molecular weight excluding hydrogens is 503 g/mol. The van der Waals surface area contributed by atoms with E-state index in [-0.39, 0.29) is 0 Å². The Hall–Kier alpha value is -4.32. The van der Waals surface area contributed by atoms with E-state index in [9.17, 15) is 0 Å². The van der Waals surface area contributed by atoms with Gasteiger partial charge >= 0.3 is 7.12 Å². The highest BCUT2D eigenvalue weighted by molar-refractivity contribution is 6.61. The van der Waals surface area contributed by atoms with Gasteiger partial charge in [-0.3, -0.25) is 9.97 Å². The number of hydrogen-bond acceptors (Lipinski definition) is 4. The van der Waals surface area contributed by atoms with Crippen LogP contribution in [0.2, 0.25) is 0 Å². The van der Waals surface area contributed by atoms with Crippen LogP contribution in [-0.2, 0) is 9.31 Å². The van der Waals surface area contributed by atoms with Gasteiger partial charge in [-0.05, 0) is 101 Å². The highest BCUT2D eigenvalue weighted by atomic mass is 16.7. The SMILES string of the molecule is CC1(C)OB(c2ccc(-c3c4ccccc4c(-c4ccncc4)c4cc(-c5ccccc5)ccc34)cn2)OC1(C)C. The monoisotopic (exact) mass is 534 g/mol. The van der Waals surface area contributed by atoms with Gasteiger partial charge in [0, 0.05) is 24.2 Å². The van der Waals surface area contributed by atoms with Gasteiger partial charge in [-0.2, -0.15) is 0 Å². The van der Waals surface area contributed by atoms with Crippen LogP contribution in [0, 0.1) is 0 Å². The summed E-state index contributed by atoms with van der Waals surface area (Å²) >= 11 is 0. The van der Waals surface area contributed by atoms with Gasteiger partial charge in [0.15, 0.2) is 0 Å². The van der Waals surface area contributed by atoms with E-state index in [1.807, 2.05) is 24.7 Å². The maximum Gasteiger partial charge on any atom is 0.514 e. The molecule has 3 heterocycles.